The summed E-state index contributed by atoms with van der Waals surface area (Å²) < 4.78 is 50.7. The lowest BCUT2D eigenvalue weighted by atomic mass is 9.94. The van der Waals surface area contributed by atoms with Crippen LogP contribution in [0.1, 0.15) is 39.9 Å². The molecule has 0 fully saturated rings. The first-order valence-corrected chi connectivity index (χ1v) is 15.7. The molecule has 0 bridgehead atoms. The standard InChI is InChI=1S/C34H23ClF3N5O4S/c1-3-19-13-21(31-30(42-19)23(16-48-31)33(45)46)20-12-18(35)7-8-27(20)47-11-10-43-17(2)41-26-14-24(34(36,37)38)28(25-6-4-5-9-40-25)22(15-39)29(26)32(43)44/h4-9,12-14,16H,3,10-11H2,1-2H3,(H,45,46). The molecule has 9 nitrogen and oxygen atoms in total. The van der Waals surface area contributed by atoms with E-state index in [4.69, 9.17) is 16.3 Å². The van der Waals surface area contributed by atoms with Gasteiger partial charge in [-0.05, 0) is 55.8 Å². The van der Waals surface area contributed by atoms with Crippen LogP contribution < -0.4 is 10.3 Å². The number of hydrogen-bond acceptors (Lipinski definition) is 8. The van der Waals surface area contributed by atoms with Gasteiger partial charge in [0, 0.05) is 39.0 Å². The molecule has 0 spiro atoms. The first-order valence-electron chi connectivity index (χ1n) is 14.5. The average molecular weight is 690 g/mol. The Bertz CT molecular complexity index is 2350. The smallest absolute Gasteiger partial charge is 0.417 e. The predicted octanol–water partition coefficient (Wildman–Crippen LogP) is 7.93. The molecule has 0 aliphatic rings. The largest absolute Gasteiger partial charge is 0.491 e. The normalized spacial score (nSPS) is 11.6. The zero-order valence-corrected chi connectivity index (χ0v) is 26.8. The number of nitrogens with zero attached hydrogens (tertiary/aromatic N) is 5. The zero-order chi connectivity index (χ0) is 34.3. The molecule has 0 saturated heterocycles. The summed E-state index contributed by atoms with van der Waals surface area (Å²) in [6.45, 7) is 3.25. The number of ether oxygens (including phenoxy) is 1. The Morgan fingerprint density at radius 3 is 2.60 bits per heavy atom. The number of carbonyl (C=O) groups is 1. The van der Waals surface area contributed by atoms with E-state index in [1.54, 1.807) is 24.3 Å². The van der Waals surface area contributed by atoms with E-state index >= 15 is 0 Å². The van der Waals surface area contributed by atoms with Gasteiger partial charge in [0.1, 0.15) is 24.3 Å². The topological polar surface area (TPSA) is 131 Å². The molecule has 4 heterocycles. The Kier molecular flexibility index (Phi) is 8.63. The first-order chi connectivity index (χ1) is 22.9. The molecule has 0 aliphatic carbocycles. The van der Waals surface area contributed by atoms with Gasteiger partial charge >= 0.3 is 12.1 Å². The third-order valence-electron chi connectivity index (χ3n) is 7.75. The van der Waals surface area contributed by atoms with E-state index in [9.17, 15) is 33.1 Å². The molecule has 0 aliphatic heterocycles. The van der Waals surface area contributed by atoms with Gasteiger partial charge in [-0.3, -0.25) is 19.3 Å². The van der Waals surface area contributed by atoms with Crippen molar-refractivity contribution in [2.45, 2.75) is 33.0 Å². The molecule has 14 heteroatoms. The molecule has 6 aromatic rings. The molecule has 1 N–H and O–H groups in total. The number of fused-ring (bicyclic) bond motifs is 2. The van der Waals surface area contributed by atoms with Gasteiger partial charge in [0.25, 0.3) is 5.56 Å². The van der Waals surface area contributed by atoms with Crippen LogP contribution in [0.3, 0.4) is 0 Å². The second-order valence-electron chi connectivity index (χ2n) is 10.6. The van der Waals surface area contributed by atoms with Crippen LogP contribution in [-0.2, 0) is 19.1 Å². The van der Waals surface area contributed by atoms with Gasteiger partial charge < -0.3 is 9.84 Å². The van der Waals surface area contributed by atoms with Crippen molar-refractivity contribution in [3.8, 4) is 34.2 Å². The van der Waals surface area contributed by atoms with Gasteiger partial charge in [0.05, 0.1) is 50.0 Å². The average Bonchev–Trinajstić information content (AvgIpc) is 3.50. The SMILES string of the molecule is CCc1cc(-c2cc(Cl)ccc2OCCn2c(C)nc3cc(C(F)(F)F)c(-c4ccccn4)c(C#N)c3c2=O)c2scc(C(=O)O)c2n1. The maximum Gasteiger partial charge on any atom is 0.417 e. The van der Waals surface area contributed by atoms with Crippen LogP contribution in [0, 0.1) is 18.3 Å². The van der Waals surface area contributed by atoms with E-state index in [-0.39, 0.29) is 41.1 Å². The summed E-state index contributed by atoms with van der Waals surface area (Å²) >= 11 is 7.61. The summed E-state index contributed by atoms with van der Waals surface area (Å²) in [5.41, 5.74) is -0.808. The molecule has 0 saturated carbocycles. The van der Waals surface area contributed by atoms with Crippen molar-refractivity contribution in [2.75, 3.05) is 6.61 Å². The number of aromatic carboxylic acids is 1. The minimum Gasteiger partial charge on any atom is -0.491 e. The van der Waals surface area contributed by atoms with Gasteiger partial charge in [0.15, 0.2) is 0 Å². The molecular formula is C34H23ClF3N5O4S. The zero-order valence-electron chi connectivity index (χ0n) is 25.2. The van der Waals surface area contributed by atoms with E-state index in [0.717, 1.165) is 6.07 Å². The van der Waals surface area contributed by atoms with Crippen LogP contribution in [0.25, 0.3) is 43.5 Å². The number of aryl methyl sites for hydroxylation is 2. The van der Waals surface area contributed by atoms with Crippen molar-refractivity contribution in [3.63, 3.8) is 0 Å². The monoisotopic (exact) mass is 689 g/mol. The number of aromatic nitrogens is 4. The van der Waals surface area contributed by atoms with Gasteiger partial charge in [-0.1, -0.05) is 24.6 Å². The molecule has 0 atom stereocenters. The fourth-order valence-corrected chi connectivity index (χ4v) is 6.73. The van der Waals surface area contributed by atoms with Crippen LogP contribution in [0.4, 0.5) is 13.2 Å². The van der Waals surface area contributed by atoms with Crippen LogP contribution in [0.5, 0.6) is 5.75 Å². The number of pyridine rings is 2. The van der Waals surface area contributed by atoms with Gasteiger partial charge in [-0.25, -0.2) is 9.78 Å². The van der Waals surface area contributed by atoms with Crippen molar-refractivity contribution < 1.29 is 27.8 Å². The highest BCUT2D eigenvalue weighted by molar-refractivity contribution is 7.18. The predicted molar refractivity (Wildman–Crippen MR) is 176 cm³/mol. The molecule has 6 rings (SSSR count). The number of nitriles is 1. The molecule has 0 unspecified atom stereocenters. The van der Waals surface area contributed by atoms with Crippen molar-refractivity contribution in [1.82, 2.24) is 19.5 Å². The summed E-state index contributed by atoms with van der Waals surface area (Å²) in [5, 5.41) is 21.5. The van der Waals surface area contributed by atoms with Crippen LogP contribution in [-0.4, -0.2) is 37.2 Å². The number of carboxylic acids is 1. The highest BCUT2D eigenvalue weighted by Crippen LogP contribution is 2.42. The summed E-state index contributed by atoms with van der Waals surface area (Å²) in [6, 6.07) is 13.8. The third-order valence-corrected chi connectivity index (χ3v) is 8.99. The number of alkyl halides is 3. The van der Waals surface area contributed by atoms with Gasteiger partial charge in [-0.2, -0.15) is 18.4 Å². The van der Waals surface area contributed by atoms with E-state index < -0.39 is 34.4 Å². The molecule has 0 radical (unpaired) electrons. The molecule has 0 amide bonds. The number of hydrogen-bond donors (Lipinski definition) is 1. The number of benzene rings is 2. The van der Waals surface area contributed by atoms with E-state index in [0.29, 0.717) is 44.2 Å². The second-order valence-corrected chi connectivity index (χ2v) is 12.0. The minimum absolute atomic E-state index is 0.0609. The highest BCUT2D eigenvalue weighted by Gasteiger charge is 2.37. The number of thiophene rings is 1. The maximum absolute atomic E-state index is 14.2. The molecule has 4 aromatic heterocycles. The lowest BCUT2D eigenvalue weighted by Gasteiger charge is -2.18. The summed E-state index contributed by atoms with van der Waals surface area (Å²) in [5.74, 6) is -0.580. The fraction of sp³-hybridized carbons (Fsp3) is 0.176. The lowest BCUT2D eigenvalue weighted by molar-refractivity contribution is -0.137. The Balaban J connectivity index is 1.41. The molecular weight excluding hydrogens is 667 g/mol. The van der Waals surface area contributed by atoms with Crippen molar-refractivity contribution >= 4 is 50.0 Å². The van der Waals surface area contributed by atoms with Crippen molar-refractivity contribution in [2.24, 2.45) is 0 Å². The van der Waals surface area contributed by atoms with Gasteiger partial charge in [-0.15, -0.1) is 11.3 Å². The lowest BCUT2D eigenvalue weighted by Crippen LogP contribution is -2.27. The molecule has 242 valence electrons. The summed E-state index contributed by atoms with van der Waals surface area (Å²) in [6.07, 6.45) is -3.00. The van der Waals surface area contributed by atoms with E-state index in [2.05, 4.69) is 15.0 Å². The second kappa shape index (κ2) is 12.7. The van der Waals surface area contributed by atoms with Crippen LogP contribution in [0.2, 0.25) is 5.02 Å². The first kappa shape index (κ1) is 32.6. The Morgan fingerprint density at radius 2 is 1.94 bits per heavy atom. The number of halogens is 4. The Labute approximate surface area is 279 Å². The van der Waals surface area contributed by atoms with Gasteiger partial charge in [0.2, 0.25) is 0 Å². The maximum atomic E-state index is 14.2. The Hall–Kier alpha value is -5.32. The van der Waals surface area contributed by atoms with Crippen molar-refractivity contribution in [1.29, 1.82) is 5.26 Å². The summed E-state index contributed by atoms with van der Waals surface area (Å²) in [4.78, 5) is 38.6. The minimum atomic E-state index is -4.85. The quantitative estimate of drug-likeness (QED) is 0.171. The third kappa shape index (κ3) is 5.85. The van der Waals surface area contributed by atoms with Crippen LogP contribution >= 0.6 is 22.9 Å². The van der Waals surface area contributed by atoms with E-state index in [1.165, 1.54) is 52.6 Å². The number of rotatable bonds is 8. The Morgan fingerprint density at radius 1 is 1.15 bits per heavy atom. The van der Waals surface area contributed by atoms with E-state index in [1.807, 2.05) is 13.0 Å². The molecule has 2 aromatic carbocycles. The summed E-state index contributed by atoms with van der Waals surface area (Å²) in [7, 11) is 0. The van der Waals surface area contributed by atoms with Crippen molar-refractivity contribution in [3.05, 3.63) is 104 Å². The fourth-order valence-electron chi connectivity index (χ4n) is 5.55. The molecule has 48 heavy (non-hydrogen) atoms. The highest BCUT2D eigenvalue weighted by atomic mass is 35.5. The number of carboxylic acid groups (broad SMARTS) is 1. The van der Waals surface area contributed by atoms with Crippen LogP contribution in [0.15, 0.2) is 64.9 Å².